The zero-order chi connectivity index (χ0) is 19.4. The van der Waals surface area contributed by atoms with Gasteiger partial charge in [0.2, 0.25) is 0 Å². The molecule has 1 aliphatic rings. The highest BCUT2D eigenvalue weighted by atomic mass is 19.1. The van der Waals surface area contributed by atoms with E-state index >= 15 is 0 Å². The summed E-state index contributed by atoms with van der Waals surface area (Å²) in [6, 6.07) is 9.98. The Kier molecular flexibility index (Phi) is 5.69. The number of urea groups is 1. The molecule has 0 bridgehead atoms. The summed E-state index contributed by atoms with van der Waals surface area (Å²) < 4.78 is 26.7. The Hall–Kier alpha value is -2.96. The van der Waals surface area contributed by atoms with Crippen LogP contribution in [0.1, 0.15) is 34.7 Å². The van der Waals surface area contributed by atoms with Crippen molar-refractivity contribution in [3.63, 3.8) is 0 Å². The highest BCUT2D eigenvalue weighted by molar-refractivity contribution is 6.04. The van der Waals surface area contributed by atoms with Crippen LogP contribution in [0.3, 0.4) is 0 Å². The third-order valence-corrected chi connectivity index (χ3v) is 4.72. The van der Waals surface area contributed by atoms with Crippen molar-refractivity contribution < 1.29 is 18.4 Å². The van der Waals surface area contributed by atoms with Crippen LogP contribution in [0.5, 0.6) is 0 Å². The Morgan fingerprint density at radius 3 is 2.70 bits per heavy atom. The maximum absolute atomic E-state index is 13.8. The molecule has 0 aliphatic carbocycles. The van der Waals surface area contributed by atoms with E-state index in [2.05, 4.69) is 10.6 Å². The van der Waals surface area contributed by atoms with Gasteiger partial charge in [0.05, 0.1) is 5.69 Å². The molecule has 1 fully saturated rings. The number of hydrogen-bond donors (Lipinski definition) is 2. The molecule has 3 amide bonds. The number of nitrogens with one attached hydrogen (secondary N) is 2. The fourth-order valence-corrected chi connectivity index (χ4v) is 3.31. The van der Waals surface area contributed by atoms with E-state index in [9.17, 15) is 18.4 Å². The van der Waals surface area contributed by atoms with E-state index < -0.39 is 17.5 Å². The van der Waals surface area contributed by atoms with Gasteiger partial charge in [0, 0.05) is 37.7 Å². The van der Waals surface area contributed by atoms with E-state index in [1.165, 1.54) is 6.07 Å². The summed E-state index contributed by atoms with van der Waals surface area (Å²) in [5.74, 6) is -1.87. The molecule has 2 aromatic carbocycles. The number of carbonyl (C=O) groups is 2. The molecular weight excluding hydrogens is 352 g/mol. The molecular formula is C20H21F2N3O2. The van der Waals surface area contributed by atoms with Gasteiger partial charge in [-0.25, -0.2) is 13.6 Å². The Balaban J connectivity index is 1.74. The number of likely N-dealkylation sites (tertiary alicyclic amines) is 1. The lowest BCUT2D eigenvalue weighted by Gasteiger charge is -2.32. The summed E-state index contributed by atoms with van der Waals surface area (Å²) in [4.78, 5) is 26.1. The molecule has 0 saturated carbocycles. The van der Waals surface area contributed by atoms with Gasteiger partial charge >= 0.3 is 6.03 Å². The van der Waals surface area contributed by atoms with Crippen LogP contribution >= 0.6 is 0 Å². The van der Waals surface area contributed by atoms with Gasteiger partial charge < -0.3 is 15.5 Å². The lowest BCUT2D eigenvalue weighted by molar-refractivity contribution is 0.102. The minimum absolute atomic E-state index is 0.0738. The molecule has 3 rings (SSSR count). The molecule has 0 unspecified atom stereocenters. The van der Waals surface area contributed by atoms with Gasteiger partial charge in [0.1, 0.15) is 11.6 Å². The Bertz CT molecular complexity index is 857. The average Bonchev–Trinajstić information content (AvgIpc) is 2.69. The molecule has 5 nitrogen and oxygen atoms in total. The fraction of sp³-hybridized carbons (Fsp3) is 0.300. The number of anilines is 1. The third-order valence-electron chi connectivity index (χ3n) is 4.72. The second-order valence-electron chi connectivity index (χ2n) is 6.54. The van der Waals surface area contributed by atoms with Crippen LogP contribution in [0.4, 0.5) is 19.3 Å². The lowest BCUT2D eigenvalue weighted by atomic mass is 9.89. The highest BCUT2D eigenvalue weighted by Gasteiger charge is 2.24. The zero-order valence-corrected chi connectivity index (χ0v) is 15.0. The van der Waals surface area contributed by atoms with Crippen LogP contribution in [-0.2, 0) is 0 Å². The van der Waals surface area contributed by atoms with Crippen LogP contribution in [0.15, 0.2) is 42.5 Å². The SMILES string of the molecule is CNC(=O)N1CCC[C@H](c2cccc(C(=O)Nc3ccc(F)cc3F)c2)C1. The standard InChI is InChI=1S/C20H21F2N3O2/c1-23-20(27)25-9-3-6-15(12-25)13-4-2-5-14(10-13)19(26)24-18-8-7-16(21)11-17(18)22/h2,4-5,7-8,10-11,15H,3,6,9,12H2,1H3,(H,23,27)(H,24,26)/t15-/m0/s1. The average molecular weight is 373 g/mol. The van der Waals surface area contributed by atoms with Crippen LogP contribution in [0.25, 0.3) is 0 Å². The molecule has 7 heteroatoms. The van der Waals surface area contributed by atoms with Crippen LogP contribution in [0.2, 0.25) is 0 Å². The third kappa shape index (κ3) is 4.42. The molecule has 142 valence electrons. The Labute approximate surface area is 156 Å². The summed E-state index contributed by atoms with van der Waals surface area (Å²) in [7, 11) is 1.60. The smallest absolute Gasteiger partial charge is 0.317 e. The summed E-state index contributed by atoms with van der Waals surface area (Å²) in [6.07, 6.45) is 1.81. The van der Waals surface area contributed by atoms with Crippen molar-refractivity contribution in [2.24, 2.45) is 0 Å². The summed E-state index contributed by atoms with van der Waals surface area (Å²) in [5, 5.41) is 5.10. The number of nitrogens with zero attached hydrogens (tertiary/aromatic N) is 1. The van der Waals surface area contributed by atoms with Gasteiger partial charge in [0.25, 0.3) is 5.91 Å². The minimum atomic E-state index is -0.826. The van der Waals surface area contributed by atoms with Gasteiger partial charge in [-0.3, -0.25) is 4.79 Å². The number of carbonyl (C=O) groups excluding carboxylic acids is 2. The first kappa shape index (κ1) is 18.8. The van der Waals surface area contributed by atoms with Gasteiger partial charge in [0.15, 0.2) is 0 Å². The minimum Gasteiger partial charge on any atom is -0.341 e. The number of rotatable bonds is 3. The van der Waals surface area contributed by atoms with Crippen molar-refractivity contribution in [3.8, 4) is 0 Å². The van der Waals surface area contributed by atoms with Crippen molar-refractivity contribution in [2.75, 3.05) is 25.5 Å². The van der Waals surface area contributed by atoms with Gasteiger partial charge in [-0.05, 0) is 42.7 Å². The quantitative estimate of drug-likeness (QED) is 0.861. The van der Waals surface area contributed by atoms with E-state index in [0.717, 1.165) is 30.5 Å². The summed E-state index contributed by atoms with van der Waals surface area (Å²) in [5.41, 5.74) is 1.26. The molecule has 1 saturated heterocycles. The summed E-state index contributed by atoms with van der Waals surface area (Å²) >= 11 is 0. The van der Waals surface area contributed by atoms with Crippen molar-refractivity contribution in [3.05, 3.63) is 65.2 Å². The number of hydrogen-bond acceptors (Lipinski definition) is 2. The maximum atomic E-state index is 13.8. The number of amides is 3. The normalized spacial score (nSPS) is 16.7. The molecule has 0 spiro atoms. The monoisotopic (exact) mass is 373 g/mol. The predicted octanol–water partition coefficient (Wildman–Crippen LogP) is 3.74. The van der Waals surface area contributed by atoms with E-state index in [1.807, 2.05) is 6.07 Å². The first-order valence-electron chi connectivity index (χ1n) is 8.81. The van der Waals surface area contributed by atoms with E-state index in [1.54, 1.807) is 30.1 Å². The highest BCUT2D eigenvalue weighted by Crippen LogP contribution is 2.28. The topological polar surface area (TPSA) is 61.4 Å². The lowest BCUT2D eigenvalue weighted by Crippen LogP contribution is -2.43. The van der Waals surface area contributed by atoms with E-state index in [-0.39, 0.29) is 17.6 Å². The van der Waals surface area contributed by atoms with Crippen LogP contribution in [-0.4, -0.2) is 37.0 Å². The maximum Gasteiger partial charge on any atom is 0.317 e. The molecule has 0 aromatic heterocycles. The van der Waals surface area contributed by atoms with Crippen LogP contribution < -0.4 is 10.6 Å². The number of piperidine rings is 1. The summed E-state index contributed by atoms with van der Waals surface area (Å²) in [6.45, 7) is 1.29. The van der Waals surface area contributed by atoms with Crippen molar-refractivity contribution in [2.45, 2.75) is 18.8 Å². The first-order valence-corrected chi connectivity index (χ1v) is 8.81. The molecule has 0 radical (unpaired) electrons. The second kappa shape index (κ2) is 8.16. The number of halogens is 2. The predicted molar refractivity (Wildman–Crippen MR) is 98.8 cm³/mol. The Morgan fingerprint density at radius 2 is 1.96 bits per heavy atom. The number of benzene rings is 2. The first-order chi connectivity index (χ1) is 13.0. The zero-order valence-electron chi connectivity index (χ0n) is 15.0. The molecule has 27 heavy (non-hydrogen) atoms. The molecule has 2 aromatic rings. The second-order valence-corrected chi connectivity index (χ2v) is 6.54. The molecule has 2 N–H and O–H groups in total. The molecule has 1 heterocycles. The largest absolute Gasteiger partial charge is 0.341 e. The van der Waals surface area contributed by atoms with Gasteiger partial charge in [-0.15, -0.1) is 0 Å². The van der Waals surface area contributed by atoms with Crippen molar-refractivity contribution in [1.82, 2.24) is 10.2 Å². The van der Waals surface area contributed by atoms with E-state index in [4.69, 9.17) is 0 Å². The molecule has 1 atom stereocenters. The van der Waals surface area contributed by atoms with Gasteiger partial charge in [-0.1, -0.05) is 12.1 Å². The van der Waals surface area contributed by atoms with Gasteiger partial charge in [-0.2, -0.15) is 0 Å². The van der Waals surface area contributed by atoms with Crippen molar-refractivity contribution >= 4 is 17.6 Å². The van der Waals surface area contributed by atoms with Crippen molar-refractivity contribution in [1.29, 1.82) is 0 Å². The fourth-order valence-electron chi connectivity index (χ4n) is 3.31. The van der Waals surface area contributed by atoms with Crippen LogP contribution in [0, 0.1) is 11.6 Å². The van der Waals surface area contributed by atoms with E-state index in [0.29, 0.717) is 18.7 Å². The molecule has 1 aliphatic heterocycles. The Morgan fingerprint density at radius 1 is 1.15 bits per heavy atom.